The van der Waals surface area contributed by atoms with Crippen molar-refractivity contribution < 1.29 is 4.92 Å². The highest BCUT2D eigenvalue weighted by molar-refractivity contribution is 8.03. The van der Waals surface area contributed by atoms with Crippen LogP contribution in [-0.2, 0) is 0 Å². The van der Waals surface area contributed by atoms with Crippen molar-refractivity contribution in [1.82, 2.24) is 15.0 Å². The van der Waals surface area contributed by atoms with Crippen molar-refractivity contribution in [3.8, 4) is 0 Å². The van der Waals surface area contributed by atoms with Crippen LogP contribution in [0.3, 0.4) is 0 Å². The van der Waals surface area contributed by atoms with Gasteiger partial charge in [0.2, 0.25) is 0 Å². The van der Waals surface area contributed by atoms with Crippen LogP contribution in [0.2, 0.25) is 0 Å². The lowest BCUT2D eigenvalue weighted by molar-refractivity contribution is -0.419. The van der Waals surface area contributed by atoms with Gasteiger partial charge in [-0.2, -0.15) is 0 Å². The van der Waals surface area contributed by atoms with Crippen LogP contribution in [0.5, 0.6) is 0 Å². The Morgan fingerprint density at radius 3 is 2.41 bits per heavy atom. The Labute approximate surface area is 191 Å². The first-order valence-electron chi connectivity index (χ1n) is 10.1. The molecule has 0 radical (unpaired) electrons. The summed E-state index contributed by atoms with van der Waals surface area (Å²) in [5, 5.41) is 15.8. The highest BCUT2D eigenvalue weighted by Gasteiger charge is 2.10. The average Bonchev–Trinajstić information content (AvgIpc) is 2.81. The number of pyridine rings is 1. The molecule has 9 heteroatoms. The zero-order valence-corrected chi connectivity index (χ0v) is 19.3. The van der Waals surface area contributed by atoms with E-state index in [-0.39, 0.29) is 5.70 Å². The Hall–Kier alpha value is -3.72. The quantitative estimate of drug-likeness (QED) is 0.175. The van der Waals surface area contributed by atoms with E-state index in [1.54, 1.807) is 36.9 Å². The third-order valence-corrected chi connectivity index (χ3v) is 4.65. The molecular weight excluding hydrogens is 424 g/mol. The molecule has 0 saturated carbocycles. The molecule has 0 amide bonds. The number of allylic oxidation sites excluding steroid dienone is 4. The van der Waals surface area contributed by atoms with Crippen molar-refractivity contribution in [1.29, 1.82) is 0 Å². The second-order valence-electron chi connectivity index (χ2n) is 6.10. The van der Waals surface area contributed by atoms with Crippen LogP contribution >= 0.6 is 11.9 Å². The molecular formula is C23H26N6O2S. The second-order valence-corrected chi connectivity index (χ2v) is 6.82. The van der Waals surface area contributed by atoms with Gasteiger partial charge in [-0.1, -0.05) is 38.1 Å². The number of nitro groups is 1. The van der Waals surface area contributed by atoms with Crippen LogP contribution in [0.4, 0.5) is 17.3 Å². The van der Waals surface area contributed by atoms with E-state index in [1.165, 1.54) is 24.1 Å². The summed E-state index contributed by atoms with van der Waals surface area (Å²) >= 11 is 1.28. The molecule has 3 aromatic rings. The first kappa shape index (κ1) is 24.5. The molecule has 0 spiro atoms. The van der Waals surface area contributed by atoms with Gasteiger partial charge in [0, 0.05) is 12.3 Å². The highest BCUT2D eigenvalue weighted by Crippen LogP contribution is 2.27. The Kier molecular flexibility index (Phi) is 9.86. The number of rotatable bonds is 8. The minimum Gasteiger partial charge on any atom is -0.336 e. The predicted molar refractivity (Wildman–Crippen MR) is 133 cm³/mol. The largest absolute Gasteiger partial charge is 0.336 e. The predicted octanol–water partition coefficient (Wildman–Crippen LogP) is 6.41. The lowest BCUT2D eigenvalue weighted by Crippen LogP contribution is -2.03. The average molecular weight is 451 g/mol. The smallest absolute Gasteiger partial charge is 0.265 e. The molecule has 0 aliphatic rings. The molecule has 0 fully saturated rings. The zero-order valence-electron chi connectivity index (χ0n) is 18.4. The molecule has 166 valence electrons. The molecule has 2 heterocycles. The van der Waals surface area contributed by atoms with Crippen molar-refractivity contribution in [2.45, 2.75) is 27.7 Å². The number of benzene rings is 1. The Morgan fingerprint density at radius 1 is 1.09 bits per heavy atom. The van der Waals surface area contributed by atoms with Gasteiger partial charge in [0.15, 0.2) is 11.6 Å². The summed E-state index contributed by atoms with van der Waals surface area (Å²) in [6.45, 7) is 7.61. The number of anilines is 3. The standard InChI is InChI=1S/C21H20N6O2S.C2H6/c1-3-16(27(28)29)8-6-7-13-30-26-21-20(25-19-14-22-12-11-15(19)2)23-17-9-4-5-10-18(17)24-21;1-2/h3-14H,1-2H3,(H,23,25)(H,24,26);1-2H3/b8-6-,13-7+,16-3+;. The summed E-state index contributed by atoms with van der Waals surface area (Å²) in [5.74, 6) is 1.14. The van der Waals surface area contributed by atoms with Crippen LogP contribution in [0.25, 0.3) is 11.0 Å². The summed E-state index contributed by atoms with van der Waals surface area (Å²) in [6.07, 6.45) is 9.67. The number of aryl methyl sites for hydroxylation is 1. The molecule has 8 nitrogen and oxygen atoms in total. The van der Waals surface area contributed by atoms with Crippen LogP contribution < -0.4 is 10.0 Å². The number of aromatic nitrogens is 3. The molecule has 0 bridgehead atoms. The summed E-state index contributed by atoms with van der Waals surface area (Å²) < 4.78 is 3.16. The molecule has 0 aliphatic heterocycles. The van der Waals surface area contributed by atoms with Crippen molar-refractivity contribution in [2.75, 3.05) is 10.0 Å². The fraction of sp³-hybridized carbons (Fsp3) is 0.174. The molecule has 0 atom stereocenters. The van der Waals surface area contributed by atoms with E-state index in [4.69, 9.17) is 0 Å². The second kappa shape index (κ2) is 12.9. The molecule has 0 unspecified atom stereocenters. The van der Waals surface area contributed by atoms with Gasteiger partial charge in [0.1, 0.15) is 0 Å². The number of nitrogens with zero attached hydrogens (tertiary/aromatic N) is 4. The number of nitrogens with one attached hydrogen (secondary N) is 2. The van der Waals surface area contributed by atoms with Gasteiger partial charge in [-0.15, -0.1) is 0 Å². The number of hydrogen-bond acceptors (Lipinski definition) is 8. The lowest BCUT2D eigenvalue weighted by atomic mass is 10.2. The van der Waals surface area contributed by atoms with E-state index in [9.17, 15) is 10.1 Å². The minimum atomic E-state index is -0.432. The molecule has 32 heavy (non-hydrogen) atoms. The number of fused-ring (bicyclic) bond motifs is 1. The van der Waals surface area contributed by atoms with Crippen LogP contribution in [0.1, 0.15) is 26.3 Å². The van der Waals surface area contributed by atoms with Crippen LogP contribution in [0, 0.1) is 17.0 Å². The van der Waals surface area contributed by atoms with Gasteiger partial charge in [0.05, 0.1) is 27.8 Å². The van der Waals surface area contributed by atoms with Crippen LogP contribution in [-0.4, -0.2) is 19.9 Å². The molecule has 1 aromatic carbocycles. The normalized spacial score (nSPS) is 11.4. The summed E-state index contributed by atoms with van der Waals surface area (Å²) in [5.41, 5.74) is 3.45. The van der Waals surface area contributed by atoms with E-state index < -0.39 is 4.92 Å². The Balaban J connectivity index is 0.00000176. The third-order valence-electron chi connectivity index (χ3n) is 4.05. The van der Waals surface area contributed by atoms with Crippen LogP contribution in [0.15, 0.2) is 78.1 Å². The van der Waals surface area contributed by atoms with E-state index in [0.29, 0.717) is 11.6 Å². The zero-order chi connectivity index (χ0) is 23.3. The highest BCUT2D eigenvalue weighted by atomic mass is 32.2. The Bertz CT molecular complexity index is 1140. The van der Waals surface area contributed by atoms with E-state index >= 15 is 0 Å². The van der Waals surface area contributed by atoms with Gasteiger partial charge in [-0.3, -0.25) is 15.1 Å². The summed E-state index contributed by atoms with van der Waals surface area (Å²) in [7, 11) is 0. The van der Waals surface area contributed by atoms with Gasteiger partial charge < -0.3 is 10.0 Å². The third kappa shape index (κ3) is 6.92. The molecule has 3 rings (SSSR count). The fourth-order valence-electron chi connectivity index (χ4n) is 2.47. The number of para-hydroxylation sites is 2. The maximum Gasteiger partial charge on any atom is 0.265 e. The van der Waals surface area contributed by atoms with Gasteiger partial charge in [0.25, 0.3) is 5.70 Å². The maximum absolute atomic E-state index is 10.8. The molecule has 2 N–H and O–H groups in total. The molecule has 2 aromatic heterocycles. The fourth-order valence-corrected chi connectivity index (χ4v) is 2.96. The van der Waals surface area contributed by atoms with Crippen molar-refractivity contribution in [3.05, 3.63) is 93.8 Å². The van der Waals surface area contributed by atoms with E-state index in [2.05, 4.69) is 25.0 Å². The van der Waals surface area contributed by atoms with E-state index in [1.807, 2.05) is 51.1 Å². The van der Waals surface area contributed by atoms with Gasteiger partial charge in [-0.25, -0.2) is 9.97 Å². The first-order valence-corrected chi connectivity index (χ1v) is 11.0. The SMILES string of the molecule is CC.C\C=C(/C=C\C=C\SNc1nc2ccccc2nc1Nc1cnccc1C)[N+](=O)[O-]. The maximum atomic E-state index is 10.8. The Morgan fingerprint density at radius 2 is 1.78 bits per heavy atom. The first-order chi connectivity index (χ1) is 15.6. The topological polar surface area (TPSA) is 106 Å². The summed E-state index contributed by atoms with van der Waals surface area (Å²) in [6, 6.07) is 9.53. The van der Waals surface area contributed by atoms with Gasteiger partial charge >= 0.3 is 0 Å². The molecule has 0 aliphatic carbocycles. The lowest BCUT2D eigenvalue weighted by Gasteiger charge is -2.13. The number of hydrogen-bond donors (Lipinski definition) is 2. The van der Waals surface area contributed by atoms with Crippen molar-refractivity contribution in [2.24, 2.45) is 0 Å². The molecule has 0 saturated heterocycles. The van der Waals surface area contributed by atoms with Crippen molar-refractivity contribution in [3.63, 3.8) is 0 Å². The summed E-state index contributed by atoms with van der Waals surface area (Å²) in [4.78, 5) is 23.8. The monoisotopic (exact) mass is 450 g/mol. The van der Waals surface area contributed by atoms with Crippen molar-refractivity contribution >= 4 is 40.3 Å². The minimum absolute atomic E-state index is 0.0383. The van der Waals surface area contributed by atoms with Gasteiger partial charge in [-0.05, 0) is 61.0 Å². The van der Waals surface area contributed by atoms with E-state index in [0.717, 1.165) is 22.3 Å².